The number of fused-ring (bicyclic) bond motifs is 1. The van der Waals surface area contributed by atoms with E-state index in [4.69, 9.17) is 9.84 Å². The van der Waals surface area contributed by atoms with Gasteiger partial charge in [-0.2, -0.15) is 0 Å². The summed E-state index contributed by atoms with van der Waals surface area (Å²) in [4.78, 5) is 12.2. The van der Waals surface area contributed by atoms with Crippen LogP contribution in [-0.2, 0) is 6.54 Å². The second-order valence-electron chi connectivity index (χ2n) is 3.85. The second-order valence-corrected chi connectivity index (χ2v) is 3.85. The van der Waals surface area contributed by atoms with Gasteiger partial charge in [0.1, 0.15) is 17.6 Å². The van der Waals surface area contributed by atoms with E-state index in [1.165, 1.54) is 11.0 Å². The molecule has 2 N–H and O–H groups in total. The molecule has 1 aromatic rings. The Morgan fingerprint density at radius 2 is 2.31 bits per heavy atom. The summed E-state index contributed by atoms with van der Waals surface area (Å²) in [5.41, 5.74) is 0.522. The zero-order chi connectivity index (χ0) is 11.7. The lowest BCUT2D eigenvalue weighted by Gasteiger charge is -2.18. The summed E-state index contributed by atoms with van der Waals surface area (Å²) in [5.74, 6) is 0.620. The van der Waals surface area contributed by atoms with Crippen molar-refractivity contribution in [3.8, 4) is 11.5 Å². The maximum atomic E-state index is 11.0. The van der Waals surface area contributed by atoms with Crippen LogP contribution < -0.4 is 4.74 Å². The SMILES string of the molecule is C[C@@H]1CN(C(=O)O)Cc2c(O)cccc2O1. The molecule has 0 unspecified atom stereocenters. The summed E-state index contributed by atoms with van der Waals surface area (Å²) in [6.07, 6.45) is -1.23. The molecular formula is C11H13NO4. The van der Waals surface area contributed by atoms with Crippen molar-refractivity contribution >= 4 is 6.09 Å². The first-order valence-electron chi connectivity index (χ1n) is 5.03. The Morgan fingerprint density at radius 3 is 3.00 bits per heavy atom. The Kier molecular flexibility index (Phi) is 2.60. The van der Waals surface area contributed by atoms with E-state index in [9.17, 15) is 9.90 Å². The molecule has 1 aliphatic heterocycles. The predicted molar refractivity (Wildman–Crippen MR) is 56.6 cm³/mol. The average molecular weight is 223 g/mol. The van der Waals surface area contributed by atoms with Crippen molar-refractivity contribution < 1.29 is 19.7 Å². The van der Waals surface area contributed by atoms with Gasteiger partial charge < -0.3 is 19.8 Å². The topological polar surface area (TPSA) is 70.0 Å². The van der Waals surface area contributed by atoms with Crippen LogP contribution in [0.3, 0.4) is 0 Å². The van der Waals surface area contributed by atoms with Crippen LogP contribution in [0.4, 0.5) is 4.79 Å². The summed E-state index contributed by atoms with van der Waals surface area (Å²) in [5, 5.41) is 18.7. The molecular weight excluding hydrogens is 210 g/mol. The summed E-state index contributed by atoms with van der Waals surface area (Å²) in [6.45, 7) is 2.25. The lowest BCUT2D eigenvalue weighted by atomic mass is 10.1. The molecule has 0 aromatic heterocycles. The molecule has 16 heavy (non-hydrogen) atoms. The maximum Gasteiger partial charge on any atom is 0.407 e. The highest BCUT2D eigenvalue weighted by Crippen LogP contribution is 2.31. The fourth-order valence-electron chi connectivity index (χ4n) is 1.79. The van der Waals surface area contributed by atoms with Crippen molar-refractivity contribution in [3.63, 3.8) is 0 Å². The molecule has 2 rings (SSSR count). The van der Waals surface area contributed by atoms with Gasteiger partial charge in [0.2, 0.25) is 0 Å². The number of aromatic hydroxyl groups is 1. The van der Waals surface area contributed by atoms with E-state index in [1.54, 1.807) is 19.1 Å². The van der Waals surface area contributed by atoms with E-state index < -0.39 is 6.09 Å². The lowest BCUT2D eigenvalue weighted by Crippen LogP contribution is -2.34. The molecule has 5 heteroatoms. The van der Waals surface area contributed by atoms with Crippen LogP contribution in [0.25, 0.3) is 0 Å². The van der Waals surface area contributed by atoms with Crippen molar-refractivity contribution in [2.45, 2.75) is 19.6 Å². The number of phenols is 1. The molecule has 1 atom stereocenters. The molecule has 86 valence electrons. The number of carbonyl (C=O) groups is 1. The van der Waals surface area contributed by atoms with Gasteiger partial charge in [0, 0.05) is 0 Å². The second kappa shape index (κ2) is 3.92. The Morgan fingerprint density at radius 1 is 1.56 bits per heavy atom. The minimum Gasteiger partial charge on any atom is -0.507 e. The van der Waals surface area contributed by atoms with Gasteiger partial charge in [0.15, 0.2) is 0 Å². The third kappa shape index (κ3) is 1.88. The van der Waals surface area contributed by atoms with Crippen LogP contribution in [0.5, 0.6) is 11.5 Å². The minimum absolute atomic E-state index is 0.0675. The minimum atomic E-state index is -1.01. The molecule has 5 nitrogen and oxygen atoms in total. The quantitative estimate of drug-likeness (QED) is 0.701. The van der Waals surface area contributed by atoms with Gasteiger partial charge in [-0.3, -0.25) is 0 Å². The molecule has 1 amide bonds. The van der Waals surface area contributed by atoms with Crippen molar-refractivity contribution in [1.82, 2.24) is 4.90 Å². The van der Waals surface area contributed by atoms with Crippen LogP contribution >= 0.6 is 0 Å². The van der Waals surface area contributed by atoms with Gasteiger partial charge in [0.05, 0.1) is 18.7 Å². The van der Waals surface area contributed by atoms with Crippen LogP contribution in [0.2, 0.25) is 0 Å². The highest BCUT2D eigenvalue weighted by Gasteiger charge is 2.24. The molecule has 1 aromatic carbocycles. The Labute approximate surface area is 92.9 Å². The Bertz CT molecular complexity index is 418. The monoisotopic (exact) mass is 223 g/mol. The molecule has 1 aliphatic rings. The highest BCUT2D eigenvalue weighted by molar-refractivity contribution is 5.65. The van der Waals surface area contributed by atoms with Gasteiger partial charge in [0.25, 0.3) is 0 Å². The van der Waals surface area contributed by atoms with E-state index in [-0.39, 0.29) is 18.4 Å². The van der Waals surface area contributed by atoms with Gasteiger partial charge in [-0.15, -0.1) is 0 Å². The number of carboxylic acid groups (broad SMARTS) is 1. The third-order valence-electron chi connectivity index (χ3n) is 2.53. The van der Waals surface area contributed by atoms with E-state index in [1.807, 2.05) is 0 Å². The molecule has 0 radical (unpaired) electrons. The molecule has 0 fully saturated rings. The van der Waals surface area contributed by atoms with E-state index in [0.29, 0.717) is 17.9 Å². The smallest absolute Gasteiger partial charge is 0.407 e. The third-order valence-corrected chi connectivity index (χ3v) is 2.53. The first-order chi connectivity index (χ1) is 7.58. The van der Waals surface area contributed by atoms with Crippen molar-refractivity contribution in [2.24, 2.45) is 0 Å². The van der Waals surface area contributed by atoms with Crippen molar-refractivity contribution in [1.29, 1.82) is 0 Å². The van der Waals surface area contributed by atoms with Gasteiger partial charge in [-0.1, -0.05) is 6.07 Å². The normalized spacial score (nSPS) is 19.6. The number of hydrogen-bond donors (Lipinski definition) is 2. The zero-order valence-corrected chi connectivity index (χ0v) is 8.88. The Hall–Kier alpha value is -1.91. The van der Waals surface area contributed by atoms with Crippen LogP contribution in [0.15, 0.2) is 18.2 Å². The van der Waals surface area contributed by atoms with Crippen LogP contribution in [0, 0.1) is 0 Å². The standard InChI is InChI=1S/C11H13NO4/c1-7-5-12(11(14)15)6-8-9(13)3-2-4-10(8)16-7/h2-4,7,13H,5-6H2,1H3,(H,14,15)/t7-/m1/s1. The number of nitrogens with zero attached hydrogens (tertiary/aromatic N) is 1. The molecule has 0 saturated carbocycles. The van der Waals surface area contributed by atoms with E-state index >= 15 is 0 Å². The number of hydrogen-bond acceptors (Lipinski definition) is 3. The summed E-state index contributed by atoms with van der Waals surface area (Å²) < 4.78 is 5.55. The fourth-order valence-corrected chi connectivity index (χ4v) is 1.79. The lowest BCUT2D eigenvalue weighted by molar-refractivity contribution is 0.121. The highest BCUT2D eigenvalue weighted by atomic mass is 16.5. The first-order valence-corrected chi connectivity index (χ1v) is 5.03. The summed E-state index contributed by atoms with van der Waals surface area (Å²) in [6, 6.07) is 4.94. The number of rotatable bonds is 0. The predicted octanol–water partition coefficient (Wildman–Crippen LogP) is 1.65. The van der Waals surface area contributed by atoms with Crippen molar-refractivity contribution in [3.05, 3.63) is 23.8 Å². The van der Waals surface area contributed by atoms with Gasteiger partial charge in [-0.05, 0) is 19.1 Å². The zero-order valence-electron chi connectivity index (χ0n) is 8.88. The van der Waals surface area contributed by atoms with Gasteiger partial charge in [-0.25, -0.2) is 4.79 Å². The number of benzene rings is 1. The van der Waals surface area contributed by atoms with Crippen LogP contribution in [-0.4, -0.2) is 33.9 Å². The first kappa shape index (κ1) is 10.6. The van der Waals surface area contributed by atoms with E-state index in [2.05, 4.69) is 0 Å². The van der Waals surface area contributed by atoms with Crippen molar-refractivity contribution in [2.75, 3.05) is 6.54 Å². The Balaban J connectivity index is 2.40. The molecule has 0 aliphatic carbocycles. The average Bonchev–Trinajstić information content (AvgIpc) is 2.37. The number of ether oxygens (including phenoxy) is 1. The fraction of sp³-hybridized carbons (Fsp3) is 0.364. The number of phenolic OH excluding ortho intramolecular Hbond substituents is 1. The van der Waals surface area contributed by atoms with E-state index in [0.717, 1.165) is 0 Å². The van der Waals surface area contributed by atoms with Gasteiger partial charge >= 0.3 is 6.09 Å². The molecule has 0 bridgehead atoms. The number of amides is 1. The summed E-state index contributed by atoms with van der Waals surface area (Å²) >= 11 is 0. The maximum absolute atomic E-state index is 11.0. The molecule has 0 saturated heterocycles. The summed E-state index contributed by atoms with van der Waals surface area (Å²) in [7, 11) is 0. The van der Waals surface area contributed by atoms with Crippen LogP contribution in [0.1, 0.15) is 12.5 Å². The largest absolute Gasteiger partial charge is 0.507 e. The molecule has 0 spiro atoms. The molecule has 1 heterocycles.